The van der Waals surface area contributed by atoms with Gasteiger partial charge in [0.15, 0.2) is 0 Å². The van der Waals surface area contributed by atoms with Crippen LogP contribution >= 0.6 is 0 Å². The molecule has 0 radical (unpaired) electrons. The van der Waals surface area contributed by atoms with E-state index in [4.69, 9.17) is 0 Å². The molecule has 0 aliphatic carbocycles. The largest absolute Gasteiger partial charge is 0.376 e. The minimum absolute atomic E-state index is 0.0283. The molecule has 0 heterocycles. The van der Waals surface area contributed by atoms with Crippen molar-refractivity contribution in [1.29, 1.82) is 0 Å². The molecule has 1 atom stereocenters. The van der Waals surface area contributed by atoms with Crippen LogP contribution in [0.15, 0.2) is 42.5 Å². The Bertz CT molecular complexity index is 644. The van der Waals surface area contributed by atoms with Crippen LogP contribution in [0.2, 0.25) is 0 Å². The maximum atomic E-state index is 13.8. The standard InChI is InChI=1S/C15H15FN2O2/c1-10-6-7-15(14(16)8-10)17-11(2)12-4-3-5-13(9-12)18(19)20/h3-9,11,17H,1-2H3. The Hall–Kier alpha value is -2.43. The van der Waals surface area contributed by atoms with Crippen molar-refractivity contribution in [2.24, 2.45) is 0 Å². The van der Waals surface area contributed by atoms with Crippen LogP contribution in [0.1, 0.15) is 24.1 Å². The third-order valence-electron chi connectivity index (χ3n) is 3.08. The second-order valence-electron chi connectivity index (χ2n) is 4.70. The van der Waals surface area contributed by atoms with Crippen LogP contribution in [0.3, 0.4) is 0 Å². The van der Waals surface area contributed by atoms with Gasteiger partial charge in [0.2, 0.25) is 0 Å². The lowest BCUT2D eigenvalue weighted by Gasteiger charge is -2.16. The summed E-state index contributed by atoms with van der Waals surface area (Å²) in [6.07, 6.45) is 0. The van der Waals surface area contributed by atoms with Gasteiger partial charge in [0, 0.05) is 18.2 Å². The molecule has 2 aromatic carbocycles. The highest BCUT2D eigenvalue weighted by atomic mass is 19.1. The Morgan fingerprint density at radius 3 is 2.65 bits per heavy atom. The van der Waals surface area contributed by atoms with Gasteiger partial charge in [-0.05, 0) is 37.1 Å². The van der Waals surface area contributed by atoms with Gasteiger partial charge in [-0.15, -0.1) is 0 Å². The van der Waals surface area contributed by atoms with Crippen molar-refractivity contribution < 1.29 is 9.31 Å². The molecule has 2 aromatic rings. The predicted molar refractivity (Wildman–Crippen MR) is 76.3 cm³/mol. The molecular formula is C15H15FN2O2. The fraction of sp³-hybridized carbons (Fsp3) is 0.200. The molecule has 5 heteroatoms. The predicted octanol–water partition coefficient (Wildman–Crippen LogP) is 4.22. The van der Waals surface area contributed by atoms with Crippen molar-refractivity contribution >= 4 is 11.4 Å². The van der Waals surface area contributed by atoms with Gasteiger partial charge in [-0.2, -0.15) is 0 Å². The van der Waals surface area contributed by atoms with Crippen molar-refractivity contribution in [2.45, 2.75) is 19.9 Å². The molecule has 20 heavy (non-hydrogen) atoms. The molecule has 1 unspecified atom stereocenters. The van der Waals surface area contributed by atoms with Crippen molar-refractivity contribution in [3.05, 3.63) is 69.5 Å². The van der Waals surface area contributed by atoms with Crippen molar-refractivity contribution in [3.8, 4) is 0 Å². The maximum Gasteiger partial charge on any atom is 0.269 e. The van der Waals surface area contributed by atoms with Gasteiger partial charge in [-0.3, -0.25) is 10.1 Å². The fourth-order valence-electron chi connectivity index (χ4n) is 1.96. The average Bonchev–Trinajstić information content (AvgIpc) is 2.42. The molecule has 0 saturated carbocycles. The van der Waals surface area contributed by atoms with E-state index in [0.717, 1.165) is 11.1 Å². The van der Waals surface area contributed by atoms with Crippen molar-refractivity contribution in [3.63, 3.8) is 0 Å². The van der Waals surface area contributed by atoms with Crippen LogP contribution in [0.4, 0.5) is 15.8 Å². The first-order valence-corrected chi connectivity index (χ1v) is 6.24. The Morgan fingerprint density at radius 2 is 2.00 bits per heavy atom. The minimum Gasteiger partial charge on any atom is -0.376 e. The molecule has 0 aromatic heterocycles. The Kier molecular flexibility index (Phi) is 3.98. The fourth-order valence-corrected chi connectivity index (χ4v) is 1.96. The lowest BCUT2D eigenvalue weighted by atomic mass is 10.1. The smallest absolute Gasteiger partial charge is 0.269 e. The van der Waals surface area contributed by atoms with Gasteiger partial charge < -0.3 is 5.32 Å². The highest BCUT2D eigenvalue weighted by Crippen LogP contribution is 2.24. The summed E-state index contributed by atoms with van der Waals surface area (Å²) in [6.45, 7) is 3.65. The quantitative estimate of drug-likeness (QED) is 0.671. The monoisotopic (exact) mass is 274 g/mol. The summed E-state index contributed by atoms with van der Waals surface area (Å²) in [7, 11) is 0. The molecular weight excluding hydrogens is 259 g/mol. The van der Waals surface area contributed by atoms with E-state index in [1.165, 1.54) is 18.2 Å². The van der Waals surface area contributed by atoms with Crippen LogP contribution in [0.25, 0.3) is 0 Å². The van der Waals surface area contributed by atoms with Crippen LogP contribution in [0.5, 0.6) is 0 Å². The topological polar surface area (TPSA) is 55.2 Å². The second kappa shape index (κ2) is 5.69. The first-order chi connectivity index (χ1) is 9.47. The minimum atomic E-state index is -0.442. The van der Waals surface area contributed by atoms with Gasteiger partial charge in [-0.25, -0.2) is 4.39 Å². The Morgan fingerprint density at radius 1 is 1.25 bits per heavy atom. The molecule has 0 fully saturated rings. The summed E-state index contributed by atoms with van der Waals surface area (Å²) in [6, 6.07) is 11.0. The van der Waals surface area contributed by atoms with Gasteiger partial charge in [0.05, 0.1) is 10.6 Å². The lowest BCUT2D eigenvalue weighted by Crippen LogP contribution is -2.08. The molecule has 0 aliphatic rings. The molecule has 0 saturated heterocycles. The molecule has 1 N–H and O–H groups in total. The number of benzene rings is 2. The van der Waals surface area contributed by atoms with Gasteiger partial charge in [0.25, 0.3) is 5.69 Å². The van der Waals surface area contributed by atoms with Crippen molar-refractivity contribution in [1.82, 2.24) is 0 Å². The lowest BCUT2D eigenvalue weighted by molar-refractivity contribution is -0.384. The van der Waals surface area contributed by atoms with E-state index in [2.05, 4.69) is 5.32 Å². The number of aryl methyl sites for hydroxylation is 1. The van der Waals surface area contributed by atoms with E-state index in [1.807, 2.05) is 19.9 Å². The molecule has 0 bridgehead atoms. The number of nitrogens with one attached hydrogen (secondary N) is 1. The maximum absolute atomic E-state index is 13.8. The number of rotatable bonds is 4. The highest BCUT2D eigenvalue weighted by molar-refractivity contribution is 5.49. The van der Waals surface area contributed by atoms with E-state index in [9.17, 15) is 14.5 Å². The molecule has 0 spiro atoms. The SMILES string of the molecule is Cc1ccc(NC(C)c2cccc([N+](=O)[O-])c2)c(F)c1. The summed E-state index contributed by atoms with van der Waals surface area (Å²) in [5.41, 5.74) is 1.99. The van der Waals surface area contributed by atoms with E-state index in [1.54, 1.807) is 18.2 Å². The van der Waals surface area contributed by atoms with Crippen molar-refractivity contribution in [2.75, 3.05) is 5.32 Å². The number of nitro benzene ring substituents is 1. The van der Waals surface area contributed by atoms with E-state index in [0.29, 0.717) is 5.69 Å². The molecule has 104 valence electrons. The van der Waals surface area contributed by atoms with Crippen LogP contribution in [-0.2, 0) is 0 Å². The summed E-state index contributed by atoms with van der Waals surface area (Å²) in [5.74, 6) is -0.331. The summed E-state index contributed by atoms with van der Waals surface area (Å²) >= 11 is 0. The summed E-state index contributed by atoms with van der Waals surface area (Å²) in [4.78, 5) is 10.3. The first kappa shape index (κ1) is 14.0. The van der Waals surface area contributed by atoms with E-state index >= 15 is 0 Å². The summed E-state index contributed by atoms with van der Waals surface area (Å²) in [5, 5.41) is 13.8. The third kappa shape index (κ3) is 3.12. The zero-order valence-corrected chi connectivity index (χ0v) is 11.3. The van der Waals surface area contributed by atoms with Gasteiger partial charge in [-0.1, -0.05) is 18.2 Å². The Labute approximate surface area is 116 Å². The molecule has 0 amide bonds. The summed E-state index contributed by atoms with van der Waals surface area (Å²) < 4.78 is 13.8. The first-order valence-electron chi connectivity index (χ1n) is 6.24. The third-order valence-corrected chi connectivity index (χ3v) is 3.08. The van der Waals surface area contributed by atoms with Crippen LogP contribution < -0.4 is 5.32 Å². The van der Waals surface area contributed by atoms with Crippen LogP contribution in [0, 0.1) is 22.9 Å². The number of anilines is 1. The number of hydrogen-bond donors (Lipinski definition) is 1. The molecule has 4 nitrogen and oxygen atoms in total. The number of nitrogens with zero attached hydrogens (tertiary/aromatic N) is 1. The number of hydrogen-bond acceptors (Lipinski definition) is 3. The molecule has 2 rings (SSSR count). The zero-order valence-electron chi connectivity index (χ0n) is 11.3. The van der Waals surface area contributed by atoms with Crippen LogP contribution in [-0.4, -0.2) is 4.92 Å². The van der Waals surface area contributed by atoms with Gasteiger partial charge in [0.1, 0.15) is 5.82 Å². The highest BCUT2D eigenvalue weighted by Gasteiger charge is 2.12. The number of non-ortho nitro benzene ring substituents is 1. The van der Waals surface area contributed by atoms with E-state index < -0.39 is 4.92 Å². The Balaban J connectivity index is 2.21. The second-order valence-corrected chi connectivity index (χ2v) is 4.70. The molecule has 0 aliphatic heterocycles. The average molecular weight is 274 g/mol. The van der Waals surface area contributed by atoms with E-state index in [-0.39, 0.29) is 17.5 Å². The van der Waals surface area contributed by atoms with Gasteiger partial charge >= 0.3 is 0 Å². The number of halogens is 1. The zero-order chi connectivity index (χ0) is 14.7. The number of nitro groups is 1. The normalized spacial score (nSPS) is 11.9.